The minimum absolute atomic E-state index is 0.0162. The first-order valence-corrected chi connectivity index (χ1v) is 5.17. The van der Waals surface area contributed by atoms with Gasteiger partial charge < -0.3 is 20.4 Å². The summed E-state index contributed by atoms with van der Waals surface area (Å²) in [6.07, 6.45) is 0.796. The molecule has 1 aromatic carbocycles. The zero-order valence-electron chi connectivity index (χ0n) is 8.44. The third-order valence-corrected chi connectivity index (χ3v) is 2.49. The summed E-state index contributed by atoms with van der Waals surface area (Å²) >= 11 is 6.02. The molecule has 0 bridgehead atoms. The molecule has 1 aliphatic heterocycles. The number of ether oxygens (including phenoxy) is 2. The molecule has 0 saturated heterocycles. The predicted molar refractivity (Wildman–Crippen MR) is 59.6 cm³/mol. The molecule has 0 fully saturated rings. The quantitative estimate of drug-likeness (QED) is 0.339. The van der Waals surface area contributed by atoms with Crippen LogP contribution in [0, 0.1) is 0 Å². The van der Waals surface area contributed by atoms with Crippen molar-refractivity contribution in [2.45, 2.75) is 6.42 Å². The number of hydrogen-bond donors (Lipinski definition) is 2. The minimum Gasteiger partial charge on any atom is -0.489 e. The van der Waals surface area contributed by atoms with Crippen molar-refractivity contribution in [2.75, 3.05) is 13.2 Å². The lowest BCUT2D eigenvalue weighted by Crippen LogP contribution is -2.13. The Hall–Kier alpha value is -1.62. The monoisotopic (exact) mass is 242 g/mol. The molecule has 0 aliphatic carbocycles. The van der Waals surface area contributed by atoms with Crippen LogP contribution in [0.5, 0.6) is 11.5 Å². The van der Waals surface area contributed by atoms with E-state index in [1.54, 1.807) is 12.1 Å². The SMILES string of the molecule is N/C(=N\O)c1cc(Cl)c2c(c1)OCCCO2. The summed E-state index contributed by atoms with van der Waals surface area (Å²) in [6.45, 7) is 1.12. The maximum Gasteiger partial charge on any atom is 0.179 e. The van der Waals surface area contributed by atoms with Crippen molar-refractivity contribution in [1.82, 2.24) is 0 Å². The third kappa shape index (κ3) is 1.99. The summed E-state index contributed by atoms with van der Waals surface area (Å²) in [5.41, 5.74) is 5.98. The van der Waals surface area contributed by atoms with Crippen LogP contribution in [0.4, 0.5) is 0 Å². The molecule has 0 atom stereocenters. The second kappa shape index (κ2) is 4.49. The zero-order chi connectivity index (χ0) is 11.5. The first-order valence-electron chi connectivity index (χ1n) is 4.79. The average Bonchev–Trinajstić information content (AvgIpc) is 2.53. The van der Waals surface area contributed by atoms with Gasteiger partial charge in [-0.15, -0.1) is 0 Å². The molecule has 0 radical (unpaired) electrons. The lowest BCUT2D eigenvalue weighted by Gasteiger charge is -2.10. The van der Waals surface area contributed by atoms with Crippen LogP contribution in [0.2, 0.25) is 5.02 Å². The second-order valence-corrected chi connectivity index (χ2v) is 3.73. The zero-order valence-corrected chi connectivity index (χ0v) is 9.20. The van der Waals surface area contributed by atoms with Gasteiger partial charge in [-0.3, -0.25) is 0 Å². The van der Waals surface area contributed by atoms with Gasteiger partial charge in [0, 0.05) is 12.0 Å². The molecule has 3 N–H and O–H groups in total. The molecule has 6 heteroatoms. The largest absolute Gasteiger partial charge is 0.489 e. The number of fused-ring (bicyclic) bond motifs is 1. The van der Waals surface area contributed by atoms with E-state index in [0.29, 0.717) is 35.3 Å². The van der Waals surface area contributed by atoms with Crippen molar-refractivity contribution in [3.63, 3.8) is 0 Å². The molecule has 0 unspecified atom stereocenters. The van der Waals surface area contributed by atoms with E-state index in [4.69, 9.17) is 32.0 Å². The van der Waals surface area contributed by atoms with Gasteiger partial charge in [0.15, 0.2) is 17.3 Å². The Morgan fingerprint density at radius 2 is 2.12 bits per heavy atom. The fraction of sp³-hybridized carbons (Fsp3) is 0.300. The summed E-state index contributed by atoms with van der Waals surface area (Å²) in [6, 6.07) is 3.21. The summed E-state index contributed by atoms with van der Waals surface area (Å²) in [4.78, 5) is 0. The van der Waals surface area contributed by atoms with Crippen LogP contribution in [0.1, 0.15) is 12.0 Å². The molecular weight excluding hydrogens is 232 g/mol. The van der Waals surface area contributed by atoms with Crippen LogP contribution in [-0.4, -0.2) is 24.3 Å². The van der Waals surface area contributed by atoms with Crippen LogP contribution in [0.15, 0.2) is 17.3 Å². The van der Waals surface area contributed by atoms with Gasteiger partial charge >= 0.3 is 0 Å². The average molecular weight is 243 g/mol. The highest BCUT2D eigenvalue weighted by Gasteiger charge is 2.16. The first kappa shape index (κ1) is 10.9. The second-order valence-electron chi connectivity index (χ2n) is 3.32. The molecule has 1 heterocycles. The van der Waals surface area contributed by atoms with Gasteiger partial charge in [0.2, 0.25) is 0 Å². The standard InChI is InChI=1S/C10H11ClN2O3/c11-7-4-6(10(12)13-14)5-8-9(7)16-3-1-2-15-8/h4-5,14H,1-3H2,(H2,12,13). The highest BCUT2D eigenvalue weighted by atomic mass is 35.5. The Bertz CT molecular complexity index is 434. The first-order chi connectivity index (χ1) is 7.72. The topological polar surface area (TPSA) is 77.1 Å². The Balaban J connectivity index is 2.47. The molecular formula is C10H11ClN2O3. The molecule has 16 heavy (non-hydrogen) atoms. The fourth-order valence-corrected chi connectivity index (χ4v) is 1.70. The van der Waals surface area contributed by atoms with Gasteiger partial charge in [-0.1, -0.05) is 16.8 Å². The van der Waals surface area contributed by atoms with E-state index in [9.17, 15) is 0 Å². The Morgan fingerprint density at radius 3 is 2.88 bits per heavy atom. The van der Waals surface area contributed by atoms with Crippen LogP contribution < -0.4 is 15.2 Å². The fourth-order valence-electron chi connectivity index (χ4n) is 1.44. The summed E-state index contributed by atoms with van der Waals surface area (Å²) in [7, 11) is 0. The lowest BCUT2D eigenvalue weighted by molar-refractivity contribution is 0.297. The summed E-state index contributed by atoms with van der Waals surface area (Å²) < 4.78 is 10.9. The molecule has 1 aliphatic rings. The van der Waals surface area contributed by atoms with E-state index >= 15 is 0 Å². The highest BCUT2D eigenvalue weighted by Crippen LogP contribution is 2.37. The normalized spacial score (nSPS) is 15.7. The number of hydrogen-bond acceptors (Lipinski definition) is 4. The van der Waals surface area contributed by atoms with Crippen molar-refractivity contribution < 1.29 is 14.7 Å². The molecule has 2 rings (SSSR count). The van der Waals surface area contributed by atoms with E-state index < -0.39 is 0 Å². The molecule has 0 saturated carbocycles. The van der Waals surface area contributed by atoms with E-state index in [-0.39, 0.29) is 5.84 Å². The van der Waals surface area contributed by atoms with Crippen LogP contribution in [-0.2, 0) is 0 Å². The van der Waals surface area contributed by atoms with E-state index in [1.165, 1.54) is 0 Å². The van der Waals surface area contributed by atoms with Crippen molar-refractivity contribution in [1.29, 1.82) is 0 Å². The molecule has 0 aromatic heterocycles. The Kier molecular flexibility index (Phi) is 3.05. The van der Waals surface area contributed by atoms with Crippen molar-refractivity contribution >= 4 is 17.4 Å². The smallest absolute Gasteiger partial charge is 0.179 e. The van der Waals surface area contributed by atoms with Crippen LogP contribution in [0.25, 0.3) is 0 Å². The van der Waals surface area contributed by atoms with Gasteiger partial charge in [-0.05, 0) is 12.1 Å². The minimum atomic E-state index is -0.0162. The van der Waals surface area contributed by atoms with Crippen molar-refractivity contribution in [3.05, 3.63) is 22.7 Å². The summed E-state index contributed by atoms with van der Waals surface area (Å²) in [5, 5.41) is 11.9. The van der Waals surface area contributed by atoms with E-state index in [0.717, 1.165) is 6.42 Å². The van der Waals surface area contributed by atoms with Gasteiger partial charge in [0.05, 0.1) is 18.2 Å². The molecule has 1 aromatic rings. The lowest BCUT2D eigenvalue weighted by atomic mass is 10.2. The van der Waals surface area contributed by atoms with Crippen molar-refractivity contribution in [2.24, 2.45) is 10.9 Å². The number of benzene rings is 1. The number of oxime groups is 1. The van der Waals surface area contributed by atoms with E-state index in [2.05, 4.69) is 5.16 Å². The number of halogens is 1. The number of amidine groups is 1. The third-order valence-electron chi connectivity index (χ3n) is 2.21. The van der Waals surface area contributed by atoms with Crippen molar-refractivity contribution in [3.8, 4) is 11.5 Å². The molecule has 0 amide bonds. The molecule has 86 valence electrons. The van der Waals surface area contributed by atoms with Gasteiger partial charge in [-0.25, -0.2) is 0 Å². The molecule has 5 nitrogen and oxygen atoms in total. The molecule has 0 spiro atoms. The summed E-state index contributed by atoms with van der Waals surface area (Å²) in [5.74, 6) is 1.01. The number of nitrogens with zero attached hydrogens (tertiary/aromatic N) is 1. The maximum atomic E-state index is 8.59. The van der Waals surface area contributed by atoms with E-state index in [1.807, 2.05) is 0 Å². The van der Waals surface area contributed by atoms with Crippen LogP contribution >= 0.6 is 11.6 Å². The van der Waals surface area contributed by atoms with Gasteiger partial charge in [0.1, 0.15) is 0 Å². The Morgan fingerprint density at radius 1 is 1.38 bits per heavy atom. The predicted octanol–water partition coefficient (Wildman–Crippen LogP) is 1.60. The van der Waals surface area contributed by atoms with Crippen LogP contribution in [0.3, 0.4) is 0 Å². The highest BCUT2D eigenvalue weighted by molar-refractivity contribution is 6.32. The number of nitrogens with two attached hydrogens (primary N) is 1. The number of rotatable bonds is 1. The van der Waals surface area contributed by atoms with Gasteiger partial charge in [-0.2, -0.15) is 0 Å². The Labute approximate surface area is 97.4 Å². The maximum absolute atomic E-state index is 8.59. The van der Waals surface area contributed by atoms with Gasteiger partial charge in [0.25, 0.3) is 0 Å².